The summed E-state index contributed by atoms with van der Waals surface area (Å²) in [5.74, 6) is 0. The number of hydrogen-bond acceptors (Lipinski definition) is 0. The molecule has 3 aromatic carbocycles. The molecule has 0 fully saturated rings. The summed E-state index contributed by atoms with van der Waals surface area (Å²) in [6.45, 7) is 6.60. The van der Waals surface area contributed by atoms with E-state index in [1.807, 2.05) is 0 Å². The minimum Gasteiger partial charge on any atom is -0.312 e. The van der Waals surface area contributed by atoms with Crippen LogP contribution in [0.1, 0.15) is 114 Å². The maximum atomic E-state index is 2.31. The third-order valence-electron chi connectivity index (χ3n) is 8.32. The lowest BCUT2D eigenvalue weighted by Gasteiger charge is -2.39. The van der Waals surface area contributed by atoms with E-state index in [2.05, 4.69) is 110 Å². The average Bonchev–Trinajstić information content (AvgIpc) is 2.98. The lowest BCUT2D eigenvalue weighted by Crippen LogP contribution is -2.46. The number of unbranched alkanes of at least 4 members (excludes halogenated alkanes) is 13. The second kappa shape index (κ2) is 20.3. The van der Waals surface area contributed by atoms with Crippen molar-refractivity contribution in [3.63, 3.8) is 0 Å². The molecule has 216 valence electrons. The van der Waals surface area contributed by atoms with E-state index >= 15 is 0 Å². The number of nitrogens with zero attached hydrogens (tertiary/aromatic N) is 1. The van der Waals surface area contributed by atoms with Crippen LogP contribution in [0.15, 0.2) is 103 Å². The molecule has 40 heavy (non-hydrogen) atoms. The van der Waals surface area contributed by atoms with Gasteiger partial charge in [0.1, 0.15) is 19.6 Å². The van der Waals surface area contributed by atoms with Crippen molar-refractivity contribution in [2.75, 3.05) is 6.54 Å². The summed E-state index contributed by atoms with van der Waals surface area (Å²) in [4.78, 5) is 0. The van der Waals surface area contributed by atoms with E-state index in [9.17, 15) is 0 Å². The molecule has 0 aromatic heterocycles. The van der Waals surface area contributed by atoms with Gasteiger partial charge in [-0.15, -0.1) is 0 Å². The van der Waals surface area contributed by atoms with Crippen molar-refractivity contribution < 1.29 is 4.48 Å². The van der Waals surface area contributed by atoms with E-state index in [1.54, 1.807) is 0 Å². The monoisotopic (exact) mass is 538 g/mol. The van der Waals surface area contributed by atoms with Crippen molar-refractivity contribution in [1.29, 1.82) is 0 Å². The minimum absolute atomic E-state index is 1.08. The largest absolute Gasteiger partial charge is 0.312 e. The molecule has 0 bridgehead atoms. The number of allylic oxidation sites excluding steroid dienone is 2. The second-order valence-corrected chi connectivity index (χ2v) is 12.0. The first-order chi connectivity index (χ1) is 19.8. The Hall–Kier alpha value is -2.64. The Kier molecular flexibility index (Phi) is 16.2. The van der Waals surface area contributed by atoms with E-state index < -0.39 is 0 Å². The predicted octanol–water partition coefficient (Wildman–Crippen LogP) is 11.4. The van der Waals surface area contributed by atoms with Crippen LogP contribution < -0.4 is 0 Å². The number of hydrogen-bond donors (Lipinski definition) is 0. The van der Waals surface area contributed by atoms with Gasteiger partial charge < -0.3 is 4.48 Å². The quantitative estimate of drug-likeness (QED) is 0.0678. The van der Waals surface area contributed by atoms with Gasteiger partial charge in [0.25, 0.3) is 0 Å². The molecule has 0 saturated heterocycles. The van der Waals surface area contributed by atoms with Crippen molar-refractivity contribution in [3.8, 4) is 0 Å². The van der Waals surface area contributed by atoms with Gasteiger partial charge in [0.15, 0.2) is 0 Å². The van der Waals surface area contributed by atoms with E-state index in [-0.39, 0.29) is 0 Å². The second-order valence-electron chi connectivity index (χ2n) is 12.0. The van der Waals surface area contributed by atoms with Gasteiger partial charge in [-0.05, 0) is 32.6 Å². The molecule has 0 saturated carbocycles. The zero-order valence-corrected chi connectivity index (χ0v) is 25.5. The molecule has 3 aromatic rings. The fourth-order valence-electron chi connectivity index (χ4n) is 6.14. The lowest BCUT2D eigenvalue weighted by atomic mass is 10.0. The molecule has 0 unspecified atom stereocenters. The first kappa shape index (κ1) is 31.9. The molecular formula is C39H56N+. The molecule has 0 aliphatic carbocycles. The van der Waals surface area contributed by atoms with Crippen LogP contribution in [-0.2, 0) is 19.6 Å². The molecule has 0 aliphatic rings. The van der Waals surface area contributed by atoms with E-state index in [0.717, 1.165) is 24.1 Å². The van der Waals surface area contributed by atoms with Crippen LogP contribution in [0.5, 0.6) is 0 Å². The zero-order valence-electron chi connectivity index (χ0n) is 25.5. The molecule has 0 N–H and O–H groups in total. The van der Waals surface area contributed by atoms with Crippen molar-refractivity contribution in [3.05, 3.63) is 120 Å². The molecule has 0 atom stereocenters. The lowest BCUT2D eigenvalue weighted by molar-refractivity contribution is -0.966. The zero-order chi connectivity index (χ0) is 28.0. The SMILES string of the molecule is C/C=C/CCCCCCCCCCCCCCC[N+](Cc1ccccc1)(Cc1ccccc1)Cc1ccccc1. The highest BCUT2D eigenvalue weighted by atomic mass is 15.3. The fraction of sp³-hybridized carbons (Fsp3) is 0.487. The summed E-state index contributed by atoms with van der Waals surface area (Å²) < 4.78 is 1.09. The number of quaternary nitrogens is 1. The summed E-state index contributed by atoms with van der Waals surface area (Å²) >= 11 is 0. The minimum atomic E-state index is 1.08. The van der Waals surface area contributed by atoms with Gasteiger partial charge in [-0.1, -0.05) is 167 Å². The van der Waals surface area contributed by atoms with Gasteiger partial charge in [0.05, 0.1) is 6.54 Å². The third-order valence-corrected chi connectivity index (χ3v) is 8.32. The molecule has 0 aliphatic heterocycles. The van der Waals surface area contributed by atoms with Crippen molar-refractivity contribution in [2.24, 2.45) is 0 Å². The van der Waals surface area contributed by atoms with Gasteiger partial charge in [-0.3, -0.25) is 0 Å². The smallest absolute Gasteiger partial charge is 0.105 e. The van der Waals surface area contributed by atoms with Crippen LogP contribution in [0.4, 0.5) is 0 Å². The molecule has 0 amide bonds. The van der Waals surface area contributed by atoms with Crippen LogP contribution in [0.2, 0.25) is 0 Å². The fourth-order valence-corrected chi connectivity index (χ4v) is 6.14. The van der Waals surface area contributed by atoms with Crippen LogP contribution in [0, 0.1) is 0 Å². The van der Waals surface area contributed by atoms with E-state index in [1.165, 1.54) is 113 Å². The first-order valence-corrected chi connectivity index (χ1v) is 16.4. The Morgan fingerprint density at radius 1 is 0.425 bits per heavy atom. The van der Waals surface area contributed by atoms with Crippen LogP contribution in [0.25, 0.3) is 0 Å². The topological polar surface area (TPSA) is 0 Å². The third kappa shape index (κ3) is 13.6. The summed E-state index contributed by atoms with van der Waals surface area (Å²) in [5, 5.41) is 0. The highest BCUT2D eigenvalue weighted by Gasteiger charge is 2.28. The highest BCUT2D eigenvalue weighted by molar-refractivity contribution is 5.17. The first-order valence-electron chi connectivity index (χ1n) is 16.4. The van der Waals surface area contributed by atoms with Crippen molar-refractivity contribution in [2.45, 2.75) is 116 Å². The Bertz CT molecular complexity index is 907. The standard InChI is InChI=1S/C39H56N/c1-2-3-4-5-6-7-8-9-10-11-12-13-14-15-16-26-33-40(34-37-27-20-17-21-28-37,35-38-29-22-18-23-30-38)36-39-31-24-19-25-32-39/h2-3,17-25,27-32H,4-16,26,33-36H2,1H3/q+1/b3-2+. The number of rotatable bonds is 22. The van der Waals surface area contributed by atoms with Gasteiger partial charge in [-0.2, -0.15) is 0 Å². The molecule has 0 spiro atoms. The predicted molar refractivity (Wildman–Crippen MR) is 175 cm³/mol. The van der Waals surface area contributed by atoms with Crippen molar-refractivity contribution in [1.82, 2.24) is 0 Å². The maximum Gasteiger partial charge on any atom is 0.105 e. The summed E-state index contributed by atoms with van der Waals surface area (Å²) in [6.07, 6.45) is 24.0. The summed E-state index contributed by atoms with van der Waals surface area (Å²) in [5.41, 5.74) is 4.34. The van der Waals surface area contributed by atoms with Gasteiger partial charge in [0.2, 0.25) is 0 Å². The Morgan fingerprint density at radius 2 is 0.750 bits per heavy atom. The van der Waals surface area contributed by atoms with Crippen molar-refractivity contribution >= 4 is 0 Å². The number of benzene rings is 3. The molecule has 1 heteroatoms. The normalized spacial score (nSPS) is 11.8. The van der Waals surface area contributed by atoms with Crippen LogP contribution in [-0.4, -0.2) is 11.0 Å². The van der Waals surface area contributed by atoms with E-state index in [0.29, 0.717) is 0 Å². The van der Waals surface area contributed by atoms with Gasteiger partial charge in [-0.25, -0.2) is 0 Å². The summed E-state index contributed by atoms with van der Waals surface area (Å²) in [6, 6.07) is 33.5. The highest BCUT2D eigenvalue weighted by Crippen LogP contribution is 2.26. The molecule has 1 nitrogen and oxygen atoms in total. The van der Waals surface area contributed by atoms with Crippen LogP contribution in [0.3, 0.4) is 0 Å². The van der Waals surface area contributed by atoms with E-state index in [4.69, 9.17) is 0 Å². The van der Waals surface area contributed by atoms with Crippen LogP contribution >= 0.6 is 0 Å². The van der Waals surface area contributed by atoms with Gasteiger partial charge in [0, 0.05) is 16.7 Å². The Balaban J connectivity index is 1.42. The Labute approximate surface area is 246 Å². The molecule has 0 heterocycles. The van der Waals surface area contributed by atoms with Gasteiger partial charge >= 0.3 is 0 Å². The molecule has 3 rings (SSSR count). The Morgan fingerprint density at radius 3 is 1.10 bits per heavy atom. The summed E-state index contributed by atoms with van der Waals surface area (Å²) in [7, 11) is 0. The average molecular weight is 539 g/mol. The maximum absolute atomic E-state index is 2.31. The molecule has 0 radical (unpaired) electrons. The molecular weight excluding hydrogens is 482 g/mol.